The first-order chi connectivity index (χ1) is 14.2. The van der Waals surface area contributed by atoms with Crippen LogP contribution in [0, 0.1) is 0 Å². The van der Waals surface area contributed by atoms with Gasteiger partial charge in [0.25, 0.3) is 0 Å². The second-order valence-corrected chi connectivity index (χ2v) is 7.46. The summed E-state index contributed by atoms with van der Waals surface area (Å²) in [6.45, 7) is 4.07. The highest BCUT2D eigenvalue weighted by molar-refractivity contribution is 9.10. The summed E-state index contributed by atoms with van der Waals surface area (Å²) >= 11 is 3.54. The Morgan fingerprint density at radius 1 is 0.931 bits per heavy atom. The minimum absolute atomic E-state index is 0.290. The van der Waals surface area contributed by atoms with Crippen molar-refractivity contribution in [1.29, 1.82) is 0 Å². The van der Waals surface area contributed by atoms with Crippen LogP contribution in [0.15, 0.2) is 77.3 Å². The van der Waals surface area contributed by atoms with Gasteiger partial charge in [0.15, 0.2) is 0 Å². The highest BCUT2D eigenvalue weighted by Crippen LogP contribution is 2.24. The number of halogens is 1. The molecule has 0 atom stereocenters. The number of benzene rings is 3. The first-order valence-electron chi connectivity index (χ1n) is 9.57. The summed E-state index contributed by atoms with van der Waals surface area (Å²) in [6, 6.07) is 23.6. The lowest BCUT2D eigenvalue weighted by atomic mass is 10.1. The molecule has 0 saturated carbocycles. The van der Waals surface area contributed by atoms with E-state index in [0.29, 0.717) is 31.9 Å². The molecule has 3 aromatic rings. The SMILES string of the molecule is CCOC(=O)c1ccc(CNCc2cc(Br)ccc2OCc2ccccc2)cc1. The highest BCUT2D eigenvalue weighted by atomic mass is 79.9. The fraction of sp³-hybridized carbons (Fsp3) is 0.208. The fourth-order valence-corrected chi connectivity index (χ4v) is 3.29. The molecule has 0 unspecified atom stereocenters. The maximum absolute atomic E-state index is 11.7. The first-order valence-corrected chi connectivity index (χ1v) is 10.4. The largest absolute Gasteiger partial charge is 0.489 e. The topological polar surface area (TPSA) is 47.6 Å². The summed E-state index contributed by atoms with van der Waals surface area (Å²) in [5.74, 6) is 0.573. The third kappa shape index (κ3) is 6.44. The molecule has 0 saturated heterocycles. The van der Waals surface area contributed by atoms with Crippen molar-refractivity contribution in [3.05, 3.63) is 99.5 Å². The van der Waals surface area contributed by atoms with Crippen LogP contribution in [-0.2, 0) is 24.4 Å². The molecule has 5 heteroatoms. The predicted molar refractivity (Wildman–Crippen MR) is 118 cm³/mol. The molecule has 3 rings (SSSR count). The number of carbonyl (C=O) groups excluding carboxylic acids is 1. The third-order valence-corrected chi connectivity index (χ3v) is 4.86. The molecule has 0 aliphatic carbocycles. The van der Waals surface area contributed by atoms with Crippen LogP contribution in [0.4, 0.5) is 0 Å². The molecule has 0 fully saturated rings. The summed E-state index contributed by atoms with van der Waals surface area (Å²) in [4.78, 5) is 11.7. The molecule has 0 spiro atoms. The zero-order valence-electron chi connectivity index (χ0n) is 16.4. The molecule has 1 N–H and O–H groups in total. The number of carbonyl (C=O) groups is 1. The smallest absolute Gasteiger partial charge is 0.338 e. The van der Waals surface area contributed by atoms with Crippen LogP contribution in [0.2, 0.25) is 0 Å². The molecule has 29 heavy (non-hydrogen) atoms. The zero-order chi connectivity index (χ0) is 20.5. The van der Waals surface area contributed by atoms with Gasteiger partial charge in [-0.2, -0.15) is 0 Å². The zero-order valence-corrected chi connectivity index (χ0v) is 17.9. The Balaban J connectivity index is 1.57. The van der Waals surface area contributed by atoms with E-state index in [0.717, 1.165) is 26.9 Å². The Hall–Kier alpha value is -2.63. The van der Waals surface area contributed by atoms with E-state index in [-0.39, 0.29) is 5.97 Å². The van der Waals surface area contributed by atoms with Gasteiger partial charge in [0.05, 0.1) is 12.2 Å². The first kappa shape index (κ1) is 21.1. The quantitative estimate of drug-likeness (QED) is 0.434. The molecule has 0 aromatic heterocycles. The number of hydrogen-bond donors (Lipinski definition) is 1. The lowest BCUT2D eigenvalue weighted by Gasteiger charge is -2.13. The van der Waals surface area contributed by atoms with Crippen molar-refractivity contribution in [2.24, 2.45) is 0 Å². The fourth-order valence-electron chi connectivity index (χ4n) is 2.88. The molecule has 0 radical (unpaired) electrons. The Kier molecular flexibility index (Phi) is 7.85. The van der Waals surface area contributed by atoms with Crippen molar-refractivity contribution in [2.75, 3.05) is 6.61 Å². The van der Waals surface area contributed by atoms with E-state index in [4.69, 9.17) is 9.47 Å². The van der Waals surface area contributed by atoms with E-state index in [1.54, 1.807) is 19.1 Å². The van der Waals surface area contributed by atoms with Gasteiger partial charge in [-0.25, -0.2) is 4.79 Å². The summed E-state index contributed by atoms with van der Waals surface area (Å²) in [5.41, 5.74) is 3.88. The molecule has 0 aliphatic heterocycles. The molecular formula is C24H24BrNO3. The number of rotatable bonds is 9. The van der Waals surface area contributed by atoms with Gasteiger partial charge >= 0.3 is 5.97 Å². The summed E-state index contributed by atoms with van der Waals surface area (Å²) in [5, 5.41) is 3.44. The van der Waals surface area contributed by atoms with Gasteiger partial charge < -0.3 is 14.8 Å². The molecule has 4 nitrogen and oxygen atoms in total. The average Bonchev–Trinajstić information content (AvgIpc) is 2.74. The van der Waals surface area contributed by atoms with Gasteiger partial charge in [-0.1, -0.05) is 58.4 Å². The third-order valence-electron chi connectivity index (χ3n) is 4.37. The van der Waals surface area contributed by atoms with Gasteiger partial charge in [-0.15, -0.1) is 0 Å². The lowest BCUT2D eigenvalue weighted by molar-refractivity contribution is 0.0526. The highest BCUT2D eigenvalue weighted by Gasteiger charge is 2.07. The van der Waals surface area contributed by atoms with Crippen molar-refractivity contribution in [2.45, 2.75) is 26.6 Å². The van der Waals surface area contributed by atoms with E-state index in [2.05, 4.69) is 39.4 Å². The minimum atomic E-state index is -0.290. The Morgan fingerprint density at radius 3 is 2.41 bits per heavy atom. The lowest BCUT2D eigenvalue weighted by Crippen LogP contribution is -2.14. The van der Waals surface area contributed by atoms with Crippen molar-refractivity contribution >= 4 is 21.9 Å². The van der Waals surface area contributed by atoms with E-state index < -0.39 is 0 Å². The van der Waals surface area contributed by atoms with Crippen LogP contribution in [-0.4, -0.2) is 12.6 Å². The second kappa shape index (κ2) is 10.8. The second-order valence-electron chi connectivity index (χ2n) is 6.55. The number of esters is 1. The van der Waals surface area contributed by atoms with E-state index in [9.17, 15) is 4.79 Å². The molecule has 150 valence electrons. The average molecular weight is 454 g/mol. The Morgan fingerprint density at radius 2 is 1.69 bits per heavy atom. The van der Waals surface area contributed by atoms with Gasteiger partial charge in [-0.05, 0) is 48.4 Å². The van der Waals surface area contributed by atoms with Crippen LogP contribution < -0.4 is 10.1 Å². The molecule has 0 heterocycles. The van der Waals surface area contributed by atoms with E-state index >= 15 is 0 Å². The maximum Gasteiger partial charge on any atom is 0.338 e. The van der Waals surface area contributed by atoms with Crippen LogP contribution >= 0.6 is 15.9 Å². The van der Waals surface area contributed by atoms with Crippen LogP contribution in [0.25, 0.3) is 0 Å². The monoisotopic (exact) mass is 453 g/mol. The van der Waals surface area contributed by atoms with Gasteiger partial charge in [0.1, 0.15) is 12.4 Å². The minimum Gasteiger partial charge on any atom is -0.489 e. The molecule has 0 bridgehead atoms. The Labute approximate surface area is 180 Å². The van der Waals surface area contributed by atoms with Crippen LogP contribution in [0.3, 0.4) is 0 Å². The van der Waals surface area contributed by atoms with Crippen LogP contribution in [0.5, 0.6) is 5.75 Å². The van der Waals surface area contributed by atoms with Crippen molar-refractivity contribution in [1.82, 2.24) is 5.32 Å². The van der Waals surface area contributed by atoms with Crippen LogP contribution in [0.1, 0.15) is 34.0 Å². The molecular weight excluding hydrogens is 430 g/mol. The van der Waals surface area contributed by atoms with Crippen molar-refractivity contribution in [3.63, 3.8) is 0 Å². The normalized spacial score (nSPS) is 10.6. The predicted octanol–water partition coefficient (Wildman–Crippen LogP) is 5.49. The van der Waals surface area contributed by atoms with Crippen molar-refractivity contribution in [3.8, 4) is 5.75 Å². The van der Waals surface area contributed by atoms with E-state index in [1.165, 1.54) is 0 Å². The Bertz CT molecular complexity index is 927. The molecule has 3 aromatic carbocycles. The number of hydrogen-bond acceptors (Lipinski definition) is 4. The van der Waals surface area contributed by atoms with Gasteiger partial charge in [0, 0.05) is 23.1 Å². The number of ether oxygens (including phenoxy) is 2. The summed E-state index contributed by atoms with van der Waals surface area (Å²) in [7, 11) is 0. The summed E-state index contributed by atoms with van der Waals surface area (Å²) in [6.07, 6.45) is 0. The standard InChI is InChI=1S/C24H24BrNO3/c1-2-28-24(27)20-10-8-18(9-11-20)15-26-16-21-14-22(25)12-13-23(21)29-17-19-6-4-3-5-7-19/h3-14,26H,2,15-17H2,1H3. The van der Waals surface area contributed by atoms with Gasteiger partial charge in [0.2, 0.25) is 0 Å². The maximum atomic E-state index is 11.7. The molecule has 0 amide bonds. The van der Waals surface area contributed by atoms with Gasteiger partial charge in [-0.3, -0.25) is 0 Å². The van der Waals surface area contributed by atoms with Crippen molar-refractivity contribution < 1.29 is 14.3 Å². The molecule has 0 aliphatic rings. The summed E-state index contributed by atoms with van der Waals surface area (Å²) < 4.78 is 12.1. The number of nitrogens with one attached hydrogen (secondary N) is 1. The van der Waals surface area contributed by atoms with E-state index in [1.807, 2.05) is 42.5 Å².